The molecule has 7 aliphatic rings. The summed E-state index contributed by atoms with van der Waals surface area (Å²) in [4.78, 5) is 5.85. The second-order valence-electron chi connectivity index (χ2n) is 22.6. The Morgan fingerprint density at radius 3 is 1.71 bits per heavy atom. The minimum Gasteiger partial charge on any atom is -0.309 e. The van der Waals surface area contributed by atoms with Gasteiger partial charge in [-0.25, -0.2) is 0 Å². The average molecular weight is 780 g/mol. The Morgan fingerprint density at radius 1 is 0.500 bits per heavy atom. The Hall–Kier alpha value is -3.75. The lowest BCUT2D eigenvalue weighted by Crippen LogP contribution is -2.74. The minimum absolute atomic E-state index is 0.0404. The van der Waals surface area contributed by atoms with Crippen molar-refractivity contribution in [3.05, 3.63) is 137 Å². The Balaban J connectivity index is 1.21. The summed E-state index contributed by atoms with van der Waals surface area (Å²) in [5, 5.41) is 0. The Kier molecular flexibility index (Phi) is 7.19. The number of anilines is 3. The first-order valence-electron chi connectivity index (χ1n) is 22.8. The fourth-order valence-corrected chi connectivity index (χ4v) is 16.7. The molecule has 4 saturated carbocycles. The quantitative estimate of drug-likeness (QED) is 0.179. The van der Waals surface area contributed by atoms with Crippen molar-refractivity contribution < 1.29 is 0 Å². The number of rotatable bonds is 4. The third-order valence-electron chi connectivity index (χ3n) is 18.1. The lowest BCUT2D eigenvalue weighted by molar-refractivity contribution is -0.234. The molecule has 1 heterocycles. The molecule has 1 nitrogen and oxygen atoms in total. The van der Waals surface area contributed by atoms with Crippen LogP contribution in [-0.2, 0) is 27.1 Å². The van der Waals surface area contributed by atoms with Crippen LogP contribution in [-0.4, -0.2) is 0 Å². The maximum Gasteiger partial charge on any atom is 0.0604 e. The second kappa shape index (κ2) is 11.5. The highest BCUT2D eigenvalue weighted by molar-refractivity contribution is 7.99. The zero-order valence-corrected chi connectivity index (χ0v) is 37.0. The number of fused-ring (bicyclic) bond motifs is 9. The molecule has 6 atom stereocenters. The van der Waals surface area contributed by atoms with E-state index >= 15 is 0 Å². The van der Waals surface area contributed by atoms with E-state index in [-0.39, 0.29) is 27.1 Å². The molecule has 1 aliphatic heterocycles. The third kappa shape index (κ3) is 4.37. The topological polar surface area (TPSA) is 3.24 Å². The Labute approximate surface area is 352 Å². The molecule has 5 aromatic rings. The van der Waals surface area contributed by atoms with Gasteiger partial charge in [0.25, 0.3) is 0 Å². The first-order valence-corrected chi connectivity index (χ1v) is 23.6. The van der Waals surface area contributed by atoms with Crippen molar-refractivity contribution in [2.24, 2.45) is 29.1 Å². The van der Waals surface area contributed by atoms with Gasteiger partial charge in [0, 0.05) is 15.2 Å². The molecule has 2 bridgehead atoms. The highest BCUT2D eigenvalue weighted by Crippen LogP contribution is 2.90. The summed E-state index contributed by atoms with van der Waals surface area (Å²) in [5.41, 5.74) is 17.4. The van der Waals surface area contributed by atoms with E-state index in [9.17, 15) is 0 Å². The van der Waals surface area contributed by atoms with Crippen LogP contribution in [0.3, 0.4) is 0 Å². The maximum atomic E-state index is 2.84. The highest BCUT2D eigenvalue weighted by Gasteiger charge is 2.84. The van der Waals surface area contributed by atoms with E-state index in [1.165, 1.54) is 100 Å². The van der Waals surface area contributed by atoms with Crippen LogP contribution in [0.2, 0.25) is 0 Å². The summed E-state index contributed by atoms with van der Waals surface area (Å²) in [6.07, 6.45) is 10.6. The van der Waals surface area contributed by atoms with E-state index in [1.54, 1.807) is 22.3 Å². The molecule has 0 amide bonds. The van der Waals surface area contributed by atoms with E-state index < -0.39 is 0 Å². The van der Waals surface area contributed by atoms with Crippen molar-refractivity contribution in [1.82, 2.24) is 0 Å². The monoisotopic (exact) mass is 779 g/mol. The standard InChI is InChI=1S/C56H61NS/c1-51(2)26-28-53(5,6)48-39(51)19-14-21-41(48)57(42-22-15-20-40-49(42)54(7,8)29-27-52(40,3)4)43-25-24-37(35-16-10-9-11-17-35)47-50(43)58-44-23-13-12-18-38(44)56(47)45-31-34-30-36-32-46(56)55(36,45)33-34/h9-25,34,36,45-46H,26-33H2,1-8H3. The Bertz CT molecular complexity index is 2480. The molecule has 12 rings (SSSR count). The Morgan fingerprint density at radius 2 is 1.07 bits per heavy atom. The molecule has 0 N–H and O–H groups in total. The van der Waals surface area contributed by atoms with Crippen LogP contribution >= 0.6 is 11.8 Å². The number of hydrogen-bond donors (Lipinski definition) is 0. The molecule has 6 aliphatic carbocycles. The van der Waals surface area contributed by atoms with E-state index in [2.05, 4.69) is 175 Å². The van der Waals surface area contributed by atoms with Crippen LogP contribution in [0.4, 0.5) is 17.1 Å². The van der Waals surface area contributed by atoms with Crippen LogP contribution in [0.5, 0.6) is 0 Å². The molecule has 6 unspecified atom stereocenters. The van der Waals surface area contributed by atoms with Gasteiger partial charge in [-0.1, -0.05) is 146 Å². The predicted molar refractivity (Wildman–Crippen MR) is 243 cm³/mol. The molecule has 58 heavy (non-hydrogen) atoms. The molecular formula is C56H61NS. The van der Waals surface area contributed by atoms with Crippen molar-refractivity contribution in [1.29, 1.82) is 0 Å². The van der Waals surface area contributed by atoms with Crippen molar-refractivity contribution in [3.63, 3.8) is 0 Å². The third-order valence-corrected chi connectivity index (χ3v) is 19.2. The summed E-state index contributed by atoms with van der Waals surface area (Å²) < 4.78 is 0. The highest BCUT2D eigenvalue weighted by atomic mass is 32.2. The lowest BCUT2D eigenvalue weighted by Gasteiger charge is -2.78. The summed E-state index contributed by atoms with van der Waals surface area (Å²) in [5.74, 6) is 3.30. The summed E-state index contributed by atoms with van der Waals surface area (Å²) in [7, 11) is 0. The molecule has 2 spiro atoms. The molecule has 2 heteroatoms. The average Bonchev–Trinajstić information content (AvgIpc) is 3.74. The van der Waals surface area contributed by atoms with Crippen LogP contribution in [0.1, 0.15) is 140 Å². The SMILES string of the molecule is CC1(C)CCC(C)(C)c2c(N(c3ccc(-c4ccccc4)c4c3Sc3ccccc3C43C4CC5CC6CC3C64C5)c3cccc4c3C(C)(C)CCC4(C)C)cccc21. The first kappa shape index (κ1) is 36.1. The molecule has 0 saturated heterocycles. The zero-order valence-electron chi connectivity index (χ0n) is 36.1. The zero-order chi connectivity index (χ0) is 39.8. The van der Waals surface area contributed by atoms with Gasteiger partial charge in [0.05, 0.1) is 17.1 Å². The molecule has 0 aromatic heterocycles. The normalized spacial score (nSPS) is 31.5. The van der Waals surface area contributed by atoms with E-state index in [4.69, 9.17) is 0 Å². The van der Waals surface area contributed by atoms with Crippen LogP contribution in [0, 0.1) is 29.1 Å². The number of hydrogen-bond acceptors (Lipinski definition) is 2. The van der Waals surface area contributed by atoms with Gasteiger partial charge in [0.1, 0.15) is 0 Å². The fraction of sp³-hybridized carbons (Fsp3) is 0.464. The van der Waals surface area contributed by atoms with Gasteiger partial charge in [0.2, 0.25) is 0 Å². The van der Waals surface area contributed by atoms with Crippen molar-refractivity contribution in [2.75, 3.05) is 4.90 Å². The molecule has 5 aromatic carbocycles. The van der Waals surface area contributed by atoms with Gasteiger partial charge in [-0.3, -0.25) is 0 Å². The fourth-order valence-electron chi connectivity index (χ4n) is 15.4. The van der Waals surface area contributed by atoms with Gasteiger partial charge in [0.15, 0.2) is 0 Å². The van der Waals surface area contributed by atoms with Crippen LogP contribution in [0.25, 0.3) is 11.1 Å². The molecule has 0 radical (unpaired) electrons. The first-order chi connectivity index (χ1) is 27.7. The van der Waals surface area contributed by atoms with Gasteiger partial charge in [-0.05, 0) is 171 Å². The van der Waals surface area contributed by atoms with Gasteiger partial charge in [-0.2, -0.15) is 0 Å². The molecule has 296 valence electrons. The van der Waals surface area contributed by atoms with Crippen molar-refractivity contribution in [2.45, 2.75) is 144 Å². The van der Waals surface area contributed by atoms with E-state index in [0.717, 1.165) is 23.7 Å². The van der Waals surface area contributed by atoms with E-state index in [0.29, 0.717) is 5.41 Å². The minimum atomic E-state index is 0.0404. The van der Waals surface area contributed by atoms with Crippen LogP contribution in [0.15, 0.2) is 113 Å². The predicted octanol–water partition coefficient (Wildman–Crippen LogP) is 15.3. The van der Waals surface area contributed by atoms with Gasteiger partial charge in [-0.15, -0.1) is 0 Å². The smallest absolute Gasteiger partial charge is 0.0604 e. The molecule has 4 fully saturated rings. The summed E-state index contributed by atoms with van der Waals surface area (Å²) in [6.45, 7) is 20.1. The van der Waals surface area contributed by atoms with E-state index in [1.807, 2.05) is 0 Å². The lowest BCUT2D eigenvalue weighted by atomic mass is 9.26. The van der Waals surface area contributed by atoms with Gasteiger partial charge >= 0.3 is 0 Å². The number of benzene rings is 5. The number of nitrogens with zero attached hydrogens (tertiary/aromatic N) is 1. The summed E-state index contributed by atoms with van der Waals surface area (Å²) in [6, 6.07) is 41.1. The van der Waals surface area contributed by atoms with Gasteiger partial charge < -0.3 is 4.90 Å². The maximum absolute atomic E-state index is 2.84. The van der Waals surface area contributed by atoms with Crippen molar-refractivity contribution in [3.8, 4) is 11.1 Å². The second-order valence-corrected chi connectivity index (χ2v) is 23.7. The molecular weight excluding hydrogens is 719 g/mol. The van der Waals surface area contributed by atoms with Crippen LogP contribution < -0.4 is 4.90 Å². The largest absolute Gasteiger partial charge is 0.309 e. The van der Waals surface area contributed by atoms with Crippen molar-refractivity contribution >= 4 is 28.8 Å². The summed E-state index contributed by atoms with van der Waals surface area (Å²) >= 11 is 2.09.